The molecule has 16 heavy (non-hydrogen) atoms. The van der Waals surface area contributed by atoms with E-state index in [-0.39, 0.29) is 0 Å². The average Bonchev–Trinajstić information content (AvgIpc) is 3.09. The molecule has 4 nitrogen and oxygen atoms in total. The van der Waals surface area contributed by atoms with Crippen molar-refractivity contribution in [3.05, 3.63) is 29.8 Å². The zero-order chi connectivity index (χ0) is 11.8. The third kappa shape index (κ3) is 1.65. The van der Waals surface area contributed by atoms with Crippen molar-refractivity contribution in [2.45, 2.75) is 18.9 Å². The highest BCUT2D eigenvalue weighted by Gasteiger charge is 2.55. The highest BCUT2D eigenvalue weighted by atomic mass is 16.5. The fraction of sp³-hybridized carbons (Fsp3) is 0.417. The second-order valence-electron chi connectivity index (χ2n) is 4.22. The van der Waals surface area contributed by atoms with Crippen LogP contribution in [0.25, 0.3) is 0 Å². The first-order valence-electron chi connectivity index (χ1n) is 5.23. The quantitative estimate of drug-likeness (QED) is 0.809. The maximum Gasteiger partial charge on any atom is 0.311 e. The number of hydrogen-bond donors (Lipinski definition) is 2. The Bertz CT molecular complexity index is 412. The van der Waals surface area contributed by atoms with Gasteiger partial charge in [-0.3, -0.25) is 4.79 Å². The van der Waals surface area contributed by atoms with Gasteiger partial charge >= 0.3 is 5.97 Å². The number of hydrogen-bond acceptors (Lipinski definition) is 3. The van der Waals surface area contributed by atoms with Crippen LogP contribution in [0.15, 0.2) is 24.3 Å². The third-order valence-electron chi connectivity index (χ3n) is 3.26. The Balaban J connectivity index is 2.27. The van der Waals surface area contributed by atoms with Gasteiger partial charge in [-0.15, -0.1) is 0 Å². The second kappa shape index (κ2) is 3.79. The van der Waals surface area contributed by atoms with E-state index in [0.717, 1.165) is 5.56 Å². The monoisotopic (exact) mass is 221 g/mol. The van der Waals surface area contributed by atoms with Gasteiger partial charge in [-0.25, -0.2) is 0 Å². The van der Waals surface area contributed by atoms with Gasteiger partial charge in [0.2, 0.25) is 0 Å². The van der Waals surface area contributed by atoms with E-state index in [2.05, 4.69) is 0 Å². The molecule has 0 saturated heterocycles. The maximum atomic E-state index is 11.1. The Morgan fingerprint density at radius 3 is 2.75 bits per heavy atom. The molecule has 1 fully saturated rings. The Kier molecular flexibility index (Phi) is 2.59. The van der Waals surface area contributed by atoms with Crippen molar-refractivity contribution >= 4 is 5.97 Å². The van der Waals surface area contributed by atoms with Crippen LogP contribution in [0.5, 0.6) is 5.75 Å². The van der Waals surface area contributed by atoms with E-state index in [0.29, 0.717) is 18.6 Å². The van der Waals surface area contributed by atoms with Crippen molar-refractivity contribution in [1.82, 2.24) is 0 Å². The van der Waals surface area contributed by atoms with Gasteiger partial charge in [0.05, 0.1) is 12.5 Å². The van der Waals surface area contributed by atoms with E-state index in [1.807, 2.05) is 18.2 Å². The highest BCUT2D eigenvalue weighted by molar-refractivity contribution is 5.79. The summed E-state index contributed by atoms with van der Waals surface area (Å²) in [6.07, 6.45) is 1.31. The lowest BCUT2D eigenvalue weighted by atomic mass is 9.91. The topological polar surface area (TPSA) is 72.5 Å². The van der Waals surface area contributed by atoms with Crippen molar-refractivity contribution < 1.29 is 14.6 Å². The molecule has 3 N–H and O–H groups in total. The summed E-state index contributed by atoms with van der Waals surface area (Å²) in [6.45, 7) is 0. The number of aliphatic carboxylic acids is 1. The number of rotatable bonds is 4. The van der Waals surface area contributed by atoms with Crippen LogP contribution in [0.1, 0.15) is 24.4 Å². The first-order chi connectivity index (χ1) is 7.60. The Morgan fingerprint density at radius 2 is 2.25 bits per heavy atom. The van der Waals surface area contributed by atoms with Gasteiger partial charge in [-0.05, 0) is 30.5 Å². The standard InChI is InChI=1S/C12H15NO3/c1-16-9-4-2-3-8(7-9)10(13)12(5-6-12)11(14)15/h2-4,7,10H,5-6,13H2,1H3,(H,14,15). The molecule has 0 aliphatic heterocycles. The van der Waals surface area contributed by atoms with E-state index in [1.54, 1.807) is 13.2 Å². The molecule has 2 rings (SSSR count). The maximum absolute atomic E-state index is 11.1. The van der Waals surface area contributed by atoms with Gasteiger partial charge in [0.1, 0.15) is 5.75 Å². The summed E-state index contributed by atoms with van der Waals surface area (Å²) in [5.74, 6) is -0.100. The predicted molar refractivity (Wildman–Crippen MR) is 59.2 cm³/mol. The lowest BCUT2D eigenvalue weighted by Crippen LogP contribution is -2.29. The number of carboxylic acid groups (broad SMARTS) is 1. The molecule has 0 aromatic heterocycles. The molecule has 0 spiro atoms. The van der Waals surface area contributed by atoms with Crippen LogP contribution in [0.3, 0.4) is 0 Å². The zero-order valence-corrected chi connectivity index (χ0v) is 9.14. The SMILES string of the molecule is COc1cccc(C(N)C2(C(=O)O)CC2)c1. The molecule has 0 amide bonds. The summed E-state index contributed by atoms with van der Waals surface area (Å²) in [5.41, 5.74) is 6.08. The molecule has 4 heteroatoms. The van der Waals surface area contributed by atoms with Crippen LogP contribution >= 0.6 is 0 Å². The molecule has 0 radical (unpaired) electrons. The van der Waals surface area contributed by atoms with E-state index in [1.165, 1.54) is 0 Å². The summed E-state index contributed by atoms with van der Waals surface area (Å²) >= 11 is 0. The lowest BCUT2D eigenvalue weighted by molar-refractivity contribution is -0.144. The molecule has 1 atom stereocenters. The van der Waals surface area contributed by atoms with Crippen molar-refractivity contribution in [2.75, 3.05) is 7.11 Å². The van der Waals surface area contributed by atoms with Crippen LogP contribution in [-0.4, -0.2) is 18.2 Å². The van der Waals surface area contributed by atoms with Crippen molar-refractivity contribution in [3.8, 4) is 5.75 Å². The number of carboxylic acids is 1. The van der Waals surface area contributed by atoms with Gasteiger partial charge in [0.25, 0.3) is 0 Å². The molecular formula is C12H15NO3. The first-order valence-corrected chi connectivity index (χ1v) is 5.23. The number of ether oxygens (including phenoxy) is 1. The Morgan fingerprint density at radius 1 is 1.56 bits per heavy atom. The van der Waals surface area contributed by atoms with Crippen LogP contribution < -0.4 is 10.5 Å². The fourth-order valence-electron chi connectivity index (χ4n) is 1.95. The van der Waals surface area contributed by atoms with Crippen molar-refractivity contribution in [3.63, 3.8) is 0 Å². The summed E-state index contributed by atoms with van der Waals surface area (Å²) < 4.78 is 5.10. The molecule has 1 aromatic rings. The third-order valence-corrected chi connectivity index (χ3v) is 3.26. The van der Waals surface area contributed by atoms with E-state index in [9.17, 15) is 4.79 Å². The second-order valence-corrected chi connectivity index (χ2v) is 4.22. The first kappa shape index (κ1) is 11.0. The van der Waals surface area contributed by atoms with E-state index < -0.39 is 17.4 Å². The molecule has 1 aliphatic carbocycles. The van der Waals surface area contributed by atoms with Gasteiger partial charge < -0.3 is 15.6 Å². The number of benzene rings is 1. The minimum absolute atomic E-state index is 0.458. The minimum Gasteiger partial charge on any atom is -0.497 e. The van der Waals surface area contributed by atoms with Crippen LogP contribution in [0.4, 0.5) is 0 Å². The summed E-state index contributed by atoms with van der Waals surface area (Å²) in [6, 6.07) is 6.83. The average molecular weight is 221 g/mol. The van der Waals surface area contributed by atoms with Crippen LogP contribution in [0.2, 0.25) is 0 Å². The van der Waals surface area contributed by atoms with Crippen molar-refractivity contribution in [2.24, 2.45) is 11.1 Å². The summed E-state index contributed by atoms with van der Waals surface area (Å²) in [5, 5.41) is 9.15. The summed E-state index contributed by atoms with van der Waals surface area (Å²) in [4.78, 5) is 11.1. The molecule has 1 aromatic carbocycles. The Labute approximate surface area is 94.0 Å². The van der Waals surface area contributed by atoms with Gasteiger partial charge in [-0.1, -0.05) is 12.1 Å². The van der Waals surface area contributed by atoms with Crippen LogP contribution in [0, 0.1) is 5.41 Å². The molecule has 1 saturated carbocycles. The van der Waals surface area contributed by atoms with Gasteiger partial charge in [-0.2, -0.15) is 0 Å². The summed E-state index contributed by atoms with van der Waals surface area (Å²) in [7, 11) is 1.58. The minimum atomic E-state index is -0.803. The predicted octanol–water partition coefficient (Wildman–Crippen LogP) is 1.56. The lowest BCUT2D eigenvalue weighted by Gasteiger charge is -2.19. The molecule has 1 aliphatic rings. The smallest absolute Gasteiger partial charge is 0.311 e. The Hall–Kier alpha value is -1.55. The largest absolute Gasteiger partial charge is 0.497 e. The van der Waals surface area contributed by atoms with E-state index in [4.69, 9.17) is 15.6 Å². The van der Waals surface area contributed by atoms with Crippen molar-refractivity contribution in [1.29, 1.82) is 0 Å². The molecular weight excluding hydrogens is 206 g/mol. The van der Waals surface area contributed by atoms with E-state index >= 15 is 0 Å². The number of methoxy groups -OCH3 is 1. The fourth-order valence-corrected chi connectivity index (χ4v) is 1.95. The normalized spacial score (nSPS) is 18.9. The molecule has 0 bridgehead atoms. The molecule has 0 heterocycles. The van der Waals surface area contributed by atoms with Gasteiger partial charge in [0, 0.05) is 6.04 Å². The highest BCUT2D eigenvalue weighted by Crippen LogP contribution is 2.54. The van der Waals surface area contributed by atoms with Gasteiger partial charge in [0.15, 0.2) is 0 Å². The molecule has 86 valence electrons. The number of carbonyl (C=O) groups is 1. The number of nitrogens with two attached hydrogens (primary N) is 1. The zero-order valence-electron chi connectivity index (χ0n) is 9.14. The van der Waals surface area contributed by atoms with Crippen LogP contribution in [-0.2, 0) is 4.79 Å². The molecule has 1 unspecified atom stereocenters.